The summed E-state index contributed by atoms with van der Waals surface area (Å²) in [5, 5.41) is 2.84. The van der Waals surface area contributed by atoms with E-state index < -0.39 is 0 Å². The van der Waals surface area contributed by atoms with E-state index in [1.54, 1.807) is 0 Å². The summed E-state index contributed by atoms with van der Waals surface area (Å²) in [5.41, 5.74) is 5.64. The van der Waals surface area contributed by atoms with Gasteiger partial charge in [-0.1, -0.05) is 6.92 Å². The minimum absolute atomic E-state index is 0.164. The predicted molar refractivity (Wildman–Crippen MR) is 74.4 cm³/mol. The van der Waals surface area contributed by atoms with Crippen LogP contribution in [0.2, 0.25) is 0 Å². The maximum atomic E-state index is 11.4. The Morgan fingerprint density at radius 2 is 1.89 bits per heavy atom. The van der Waals surface area contributed by atoms with Crippen molar-refractivity contribution in [2.24, 2.45) is 11.7 Å². The molecule has 0 aromatic rings. The second-order valence-electron chi connectivity index (χ2n) is 5.19. The lowest BCUT2D eigenvalue weighted by Gasteiger charge is -2.35. The zero-order valence-corrected chi connectivity index (χ0v) is 11.8. The van der Waals surface area contributed by atoms with Gasteiger partial charge in [0.1, 0.15) is 0 Å². The van der Waals surface area contributed by atoms with Crippen LogP contribution in [-0.2, 0) is 4.79 Å². The molecule has 1 atom stereocenters. The Balaban J connectivity index is 2.13. The fourth-order valence-corrected chi connectivity index (χ4v) is 2.26. The first-order valence-electron chi connectivity index (χ1n) is 7.07. The Morgan fingerprint density at radius 1 is 1.28 bits per heavy atom. The highest BCUT2D eigenvalue weighted by molar-refractivity contribution is 5.75. The van der Waals surface area contributed by atoms with Gasteiger partial charge in [-0.05, 0) is 19.4 Å². The first-order chi connectivity index (χ1) is 8.65. The molecule has 106 valence electrons. The lowest BCUT2D eigenvalue weighted by Crippen LogP contribution is -2.48. The third kappa shape index (κ3) is 5.80. The maximum Gasteiger partial charge on any atom is 0.221 e. The predicted octanol–water partition coefficient (Wildman–Crippen LogP) is -0.275. The molecule has 1 amide bonds. The molecule has 1 heterocycles. The van der Waals surface area contributed by atoms with Crippen LogP contribution in [0.15, 0.2) is 0 Å². The highest BCUT2D eigenvalue weighted by Gasteiger charge is 2.18. The minimum atomic E-state index is 0.164. The fraction of sp³-hybridized carbons (Fsp3) is 0.923. The lowest BCUT2D eigenvalue weighted by molar-refractivity contribution is -0.121. The van der Waals surface area contributed by atoms with Gasteiger partial charge in [0.25, 0.3) is 0 Å². The second-order valence-corrected chi connectivity index (χ2v) is 5.19. The van der Waals surface area contributed by atoms with Crippen LogP contribution in [0.4, 0.5) is 0 Å². The molecular weight excluding hydrogens is 228 g/mol. The third-order valence-electron chi connectivity index (χ3n) is 3.47. The summed E-state index contributed by atoms with van der Waals surface area (Å²) in [5.74, 6) is 0.739. The SMILES string of the molecule is CCNC(=O)CCN1CCN(CC(C)CN)CC1. The molecule has 0 aliphatic carbocycles. The molecule has 1 aliphatic heterocycles. The largest absolute Gasteiger partial charge is 0.356 e. The summed E-state index contributed by atoms with van der Waals surface area (Å²) in [6, 6.07) is 0. The average molecular weight is 256 g/mol. The number of rotatable bonds is 7. The summed E-state index contributed by atoms with van der Waals surface area (Å²) < 4.78 is 0. The van der Waals surface area contributed by atoms with E-state index in [2.05, 4.69) is 22.0 Å². The van der Waals surface area contributed by atoms with Crippen molar-refractivity contribution >= 4 is 5.91 Å². The van der Waals surface area contributed by atoms with Gasteiger partial charge in [0.05, 0.1) is 0 Å². The molecule has 0 bridgehead atoms. The molecule has 1 unspecified atom stereocenters. The number of amides is 1. The molecule has 1 fully saturated rings. The molecular formula is C13H28N4O. The van der Waals surface area contributed by atoms with E-state index >= 15 is 0 Å². The van der Waals surface area contributed by atoms with Crippen LogP contribution in [0.3, 0.4) is 0 Å². The maximum absolute atomic E-state index is 11.4. The van der Waals surface area contributed by atoms with Crippen molar-refractivity contribution in [1.29, 1.82) is 0 Å². The van der Waals surface area contributed by atoms with Crippen molar-refractivity contribution in [3.8, 4) is 0 Å². The number of hydrogen-bond acceptors (Lipinski definition) is 4. The first kappa shape index (κ1) is 15.4. The van der Waals surface area contributed by atoms with E-state index in [1.165, 1.54) is 0 Å². The van der Waals surface area contributed by atoms with Gasteiger partial charge in [0.2, 0.25) is 5.91 Å². The highest BCUT2D eigenvalue weighted by atomic mass is 16.1. The Bertz CT molecular complexity index is 239. The first-order valence-corrected chi connectivity index (χ1v) is 7.07. The van der Waals surface area contributed by atoms with Crippen LogP contribution in [0.5, 0.6) is 0 Å². The van der Waals surface area contributed by atoms with E-state index in [0.717, 1.165) is 52.4 Å². The number of nitrogens with one attached hydrogen (secondary N) is 1. The second kappa shape index (κ2) is 8.45. The molecule has 18 heavy (non-hydrogen) atoms. The van der Waals surface area contributed by atoms with E-state index in [9.17, 15) is 4.79 Å². The molecule has 1 rings (SSSR count). The molecule has 0 aromatic carbocycles. The Kier molecular flexibility index (Phi) is 7.23. The summed E-state index contributed by atoms with van der Waals surface area (Å²) >= 11 is 0. The van der Waals surface area contributed by atoms with Crippen molar-refractivity contribution < 1.29 is 4.79 Å². The molecule has 5 nitrogen and oxygen atoms in total. The van der Waals surface area contributed by atoms with Gasteiger partial charge in [0, 0.05) is 52.2 Å². The molecule has 1 aliphatic rings. The standard InChI is InChI=1S/C13H28N4O/c1-3-15-13(18)4-5-16-6-8-17(9-7-16)11-12(2)10-14/h12H,3-11,14H2,1-2H3,(H,15,18). The zero-order valence-electron chi connectivity index (χ0n) is 11.8. The molecule has 0 spiro atoms. The smallest absolute Gasteiger partial charge is 0.221 e. The molecule has 5 heteroatoms. The Morgan fingerprint density at radius 3 is 2.44 bits per heavy atom. The van der Waals surface area contributed by atoms with Crippen LogP contribution in [0, 0.1) is 5.92 Å². The summed E-state index contributed by atoms with van der Waals surface area (Å²) in [7, 11) is 0. The number of carbonyl (C=O) groups excluding carboxylic acids is 1. The van der Waals surface area contributed by atoms with Crippen LogP contribution < -0.4 is 11.1 Å². The zero-order chi connectivity index (χ0) is 13.4. The van der Waals surface area contributed by atoms with Crippen LogP contribution in [0.25, 0.3) is 0 Å². The number of nitrogens with zero attached hydrogens (tertiary/aromatic N) is 2. The monoisotopic (exact) mass is 256 g/mol. The Hall–Kier alpha value is -0.650. The van der Waals surface area contributed by atoms with Gasteiger partial charge in [-0.2, -0.15) is 0 Å². The van der Waals surface area contributed by atoms with Gasteiger partial charge < -0.3 is 20.9 Å². The lowest BCUT2D eigenvalue weighted by atomic mass is 10.1. The molecule has 3 N–H and O–H groups in total. The number of nitrogens with two attached hydrogens (primary N) is 1. The number of carbonyl (C=O) groups is 1. The van der Waals surface area contributed by atoms with E-state index in [4.69, 9.17) is 5.73 Å². The topological polar surface area (TPSA) is 61.6 Å². The summed E-state index contributed by atoms with van der Waals surface area (Å²) in [6.07, 6.45) is 0.618. The number of hydrogen-bond donors (Lipinski definition) is 2. The van der Waals surface area contributed by atoms with Crippen molar-refractivity contribution in [3.63, 3.8) is 0 Å². The molecule has 0 radical (unpaired) electrons. The van der Waals surface area contributed by atoms with Crippen LogP contribution >= 0.6 is 0 Å². The average Bonchev–Trinajstić information content (AvgIpc) is 2.38. The molecule has 1 saturated heterocycles. The summed E-state index contributed by atoms with van der Waals surface area (Å²) in [4.78, 5) is 16.2. The van der Waals surface area contributed by atoms with Crippen molar-refractivity contribution in [2.75, 3.05) is 52.4 Å². The van der Waals surface area contributed by atoms with Crippen LogP contribution in [0.1, 0.15) is 20.3 Å². The molecule has 0 saturated carbocycles. The third-order valence-corrected chi connectivity index (χ3v) is 3.47. The van der Waals surface area contributed by atoms with Crippen molar-refractivity contribution in [2.45, 2.75) is 20.3 Å². The fourth-order valence-electron chi connectivity index (χ4n) is 2.26. The van der Waals surface area contributed by atoms with E-state index in [-0.39, 0.29) is 5.91 Å². The molecule has 0 aromatic heterocycles. The summed E-state index contributed by atoms with van der Waals surface area (Å²) in [6.45, 7) is 11.9. The van der Waals surface area contributed by atoms with Crippen molar-refractivity contribution in [1.82, 2.24) is 15.1 Å². The van der Waals surface area contributed by atoms with E-state index in [1.807, 2.05) is 6.92 Å². The van der Waals surface area contributed by atoms with Gasteiger partial charge in [-0.25, -0.2) is 0 Å². The van der Waals surface area contributed by atoms with Crippen molar-refractivity contribution in [3.05, 3.63) is 0 Å². The van der Waals surface area contributed by atoms with E-state index in [0.29, 0.717) is 12.3 Å². The number of piperazine rings is 1. The van der Waals surface area contributed by atoms with Crippen LogP contribution in [-0.4, -0.2) is 68.1 Å². The van der Waals surface area contributed by atoms with Gasteiger partial charge >= 0.3 is 0 Å². The van der Waals surface area contributed by atoms with Gasteiger partial charge in [0.15, 0.2) is 0 Å². The minimum Gasteiger partial charge on any atom is -0.356 e. The Labute approximate surface area is 111 Å². The normalized spacial score (nSPS) is 19.7. The highest BCUT2D eigenvalue weighted by Crippen LogP contribution is 2.05. The van der Waals surface area contributed by atoms with Gasteiger partial charge in [-0.15, -0.1) is 0 Å². The quantitative estimate of drug-likeness (QED) is 0.658. The van der Waals surface area contributed by atoms with Gasteiger partial charge in [-0.3, -0.25) is 4.79 Å².